The molecule has 0 unspecified atom stereocenters. The lowest BCUT2D eigenvalue weighted by Crippen LogP contribution is -2.08. The number of rotatable bonds is 8. The van der Waals surface area contributed by atoms with Crippen molar-refractivity contribution in [1.82, 2.24) is 0 Å². The van der Waals surface area contributed by atoms with Gasteiger partial charge >= 0.3 is 33.8 Å². The van der Waals surface area contributed by atoms with Crippen LogP contribution in [-0.2, 0) is 11.8 Å². The minimum atomic E-state index is -0.349. The lowest BCUT2D eigenvalue weighted by Gasteiger charge is -2.16. The van der Waals surface area contributed by atoms with Gasteiger partial charge in [0.15, 0.2) is 0 Å². The molecule has 0 spiro atoms. The predicted molar refractivity (Wildman–Crippen MR) is 591 cm³/mol. The Morgan fingerprint density at radius 1 is 0.331 bits per heavy atom. The second-order valence-corrected chi connectivity index (χ2v) is 39.5. The average molecular weight is 2030 g/mol. The molecule has 0 bridgehead atoms. The molecule has 14 heterocycles. The monoisotopic (exact) mass is 2020 g/mol. The molecule has 21 heteroatoms. The first-order valence-electron chi connectivity index (χ1n) is 48.8. The molecule has 13 aromatic heterocycles. The quantitative estimate of drug-likeness (QED) is 0.128. The first kappa shape index (κ1) is 96.6. The van der Waals surface area contributed by atoms with Crippen molar-refractivity contribution in [3.05, 3.63) is 444 Å². The SMILES string of the molecule is C=C1C=Cc2cc3c(Br)coc3c(C)c2O1.CCCc1cc2cc3c(C)cc(=O)oc3cc2o1.Cc1c(-c2ccccc2)c(=O)oc2c(-c3ccccc3)c3occ(-c4ccccc4)c3cc12.Cc1cc(=O)oc2cc3oc(-c4ccccc4)cc3cc12.Cc1cc(=O)oc2cc3oc(C(C)(C)C)cc3cc12.Cc1cc(=O)oc2cc3oc(C4CC4)cc3cc12.Cc1coc2c(C)c3oc(=O)c(-c4ccccc4)c(C)c3cc12. The Hall–Kier alpha value is -17.6. The summed E-state index contributed by atoms with van der Waals surface area (Å²) in [7, 11) is 0. The van der Waals surface area contributed by atoms with Crippen LogP contribution in [0.1, 0.15) is 126 Å². The molecule has 0 amide bonds. The molecule has 734 valence electrons. The predicted octanol–water partition coefficient (Wildman–Crippen LogP) is 33.6. The summed E-state index contributed by atoms with van der Waals surface area (Å²) in [6.07, 6.45) is 13.5. The number of aryl methyl sites for hydroxylation is 10. The number of hydrogen-bond donors (Lipinski definition) is 0. The van der Waals surface area contributed by atoms with E-state index in [1.807, 2.05) is 256 Å². The maximum atomic E-state index is 13.2. The Balaban J connectivity index is 0.000000102. The van der Waals surface area contributed by atoms with Gasteiger partial charge in [-0.1, -0.05) is 186 Å². The molecule has 148 heavy (non-hydrogen) atoms. The van der Waals surface area contributed by atoms with E-state index < -0.39 is 0 Å². The lowest BCUT2D eigenvalue weighted by molar-refractivity contribution is 0.430. The molecule has 12 aromatic carbocycles. The smallest absolute Gasteiger partial charge is 0.344 e. The highest BCUT2D eigenvalue weighted by molar-refractivity contribution is 9.10. The molecule has 20 nitrogen and oxygen atoms in total. The zero-order valence-corrected chi connectivity index (χ0v) is 85.0. The molecule has 27 rings (SSSR count). The van der Waals surface area contributed by atoms with E-state index in [1.165, 1.54) is 37.1 Å². The third-order valence-electron chi connectivity index (χ3n) is 27.1. The van der Waals surface area contributed by atoms with E-state index in [4.69, 9.17) is 62.2 Å². The molecule has 1 aliphatic heterocycles. The van der Waals surface area contributed by atoms with E-state index in [1.54, 1.807) is 37.0 Å². The van der Waals surface area contributed by atoms with Crippen molar-refractivity contribution in [1.29, 1.82) is 0 Å². The highest BCUT2D eigenvalue weighted by atomic mass is 79.9. The molecule has 0 N–H and O–H groups in total. The van der Waals surface area contributed by atoms with Crippen molar-refractivity contribution in [2.75, 3.05) is 0 Å². The van der Waals surface area contributed by atoms with Crippen molar-refractivity contribution in [2.45, 2.75) is 127 Å². The first-order valence-corrected chi connectivity index (χ1v) is 49.6. The number of hydrogen-bond acceptors (Lipinski definition) is 20. The van der Waals surface area contributed by atoms with Crippen LogP contribution in [-0.4, -0.2) is 0 Å². The van der Waals surface area contributed by atoms with Gasteiger partial charge in [0, 0.05) is 164 Å². The summed E-state index contributed by atoms with van der Waals surface area (Å²) in [4.78, 5) is 71.3. The van der Waals surface area contributed by atoms with Gasteiger partial charge in [0.25, 0.3) is 0 Å². The molecule has 1 aliphatic carbocycles. The largest absolute Gasteiger partial charge is 0.464 e. The summed E-state index contributed by atoms with van der Waals surface area (Å²) in [5, 5.41) is 13.0. The van der Waals surface area contributed by atoms with Gasteiger partial charge in [0.2, 0.25) is 0 Å². The van der Waals surface area contributed by atoms with Gasteiger partial charge in [-0.05, 0) is 238 Å². The van der Waals surface area contributed by atoms with Crippen molar-refractivity contribution in [3.63, 3.8) is 0 Å². The zero-order chi connectivity index (χ0) is 103. The van der Waals surface area contributed by atoms with Crippen LogP contribution < -0.4 is 38.5 Å². The Kier molecular flexibility index (Phi) is 25.8. The van der Waals surface area contributed by atoms with E-state index in [-0.39, 0.29) is 39.2 Å². The molecule has 0 atom stereocenters. The number of allylic oxidation sites excluding steroid dienone is 1. The van der Waals surface area contributed by atoms with Crippen LogP contribution in [0.4, 0.5) is 0 Å². The summed E-state index contributed by atoms with van der Waals surface area (Å²) in [5.41, 5.74) is 24.2. The number of furan rings is 7. The highest BCUT2D eigenvalue weighted by Crippen LogP contribution is 2.47. The standard InChI is InChI=1S/C30H20O3.C20H16O3.C18H12O3.C16H16O3.C15H12O3.C15H14O3.C13H9BrO2/c1-19-23-17-24-25(20-11-5-2-6-12-20)18-32-28(24)27(22-15-9-4-10-16-22)29(23)33-30(31)26(19)21-13-7-3-8-14-21;1-11-10-22-18-13(3)19-16(9-15(11)18)12(2)17(20(21)23-19)14-7-5-4-6-8-14;1-11-7-18(19)21-17-10-16-13(8-14(11)17)9-15(20-16)12-5-3-2-4-6-12;1-9-5-15(17)19-13-8-12-10(6-11(9)13)7-14(18-12)16(2,3)4;1-8-4-15(16)18-14-7-13-10(5-11(8)14)6-12(17-13)9-2-3-9;1-3-4-11-6-10-7-12-9(2)5-15(16)18-14(12)8-13(10)17-11;1-7-3-4-9-5-10-11(14)6-15-13(10)8(2)12(9)16-7/h2-18H,1H3;4-10H,1-3H3;2-10H,1H3;5-8H,1-4H3;4-7,9H,2-3H2,1H3;5-8H,3-4H2,1-2H3;3-6H,1H2,2H3. The lowest BCUT2D eigenvalue weighted by atomic mass is 9.93. The molecule has 1 saturated carbocycles. The number of ether oxygens (including phenoxy) is 1. The fraction of sp³-hybridized carbons (Fsp3) is 0.150. The van der Waals surface area contributed by atoms with Crippen molar-refractivity contribution in [2.24, 2.45) is 0 Å². The third-order valence-corrected chi connectivity index (χ3v) is 27.7. The molecular formula is C127H99BrO20. The van der Waals surface area contributed by atoms with Crippen LogP contribution in [0.15, 0.2) is 395 Å². The molecule has 0 saturated heterocycles. The van der Waals surface area contributed by atoms with Crippen LogP contribution in [0.3, 0.4) is 0 Å². The van der Waals surface area contributed by atoms with Gasteiger partial charge in [-0.2, -0.15) is 0 Å². The second kappa shape index (κ2) is 39.5. The summed E-state index contributed by atoms with van der Waals surface area (Å²) in [6.45, 7) is 29.8. The molecule has 1 fully saturated rings. The fourth-order valence-electron chi connectivity index (χ4n) is 19.3. The van der Waals surface area contributed by atoms with Crippen LogP contribution in [0.2, 0.25) is 0 Å². The average Bonchev–Trinajstić information content (AvgIpc) is 1.20. The Bertz CT molecular complexity index is 9980. The maximum absolute atomic E-state index is 13.2. The van der Waals surface area contributed by atoms with Crippen LogP contribution in [0.5, 0.6) is 5.75 Å². The van der Waals surface area contributed by atoms with E-state index in [9.17, 15) is 28.8 Å². The van der Waals surface area contributed by atoms with Gasteiger partial charge in [-0.3, -0.25) is 0 Å². The van der Waals surface area contributed by atoms with Crippen LogP contribution in [0, 0.1) is 62.3 Å². The van der Waals surface area contributed by atoms with Gasteiger partial charge in [-0.15, -0.1) is 0 Å². The summed E-state index contributed by atoms with van der Waals surface area (Å²) >= 11 is 3.46. The van der Waals surface area contributed by atoms with E-state index in [2.05, 4.69) is 92.7 Å². The van der Waals surface area contributed by atoms with Crippen LogP contribution >= 0.6 is 15.9 Å². The van der Waals surface area contributed by atoms with Crippen molar-refractivity contribution in [3.8, 4) is 61.6 Å². The minimum Gasteiger partial charge on any atom is -0.464 e. The Morgan fingerprint density at radius 3 is 1.26 bits per heavy atom. The van der Waals surface area contributed by atoms with Gasteiger partial charge in [0.05, 0.1) is 33.7 Å². The van der Waals surface area contributed by atoms with E-state index in [0.29, 0.717) is 61.9 Å². The molecule has 25 aromatic rings. The van der Waals surface area contributed by atoms with Gasteiger partial charge in [0.1, 0.15) is 113 Å². The fourth-order valence-corrected chi connectivity index (χ4v) is 19.7. The highest BCUT2D eigenvalue weighted by Gasteiger charge is 2.30. The molecular weight excluding hydrogens is 1930 g/mol. The van der Waals surface area contributed by atoms with E-state index in [0.717, 1.165) is 244 Å². The Labute approximate surface area is 853 Å². The number of halogens is 1. The second-order valence-electron chi connectivity index (χ2n) is 38.6. The van der Waals surface area contributed by atoms with E-state index >= 15 is 0 Å². The topological polar surface area (TPSA) is 282 Å². The normalized spacial score (nSPS) is 12.3. The first-order chi connectivity index (χ1) is 71.4. The van der Waals surface area contributed by atoms with Crippen molar-refractivity contribution < 1.29 is 62.2 Å². The molecule has 0 radical (unpaired) electrons. The Morgan fingerprint density at radius 2 is 0.757 bits per heavy atom. The van der Waals surface area contributed by atoms with Crippen molar-refractivity contribution >= 4 is 165 Å². The molecule has 2 aliphatic rings. The summed E-state index contributed by atoms with van der Waals surface area (Å²) in [6, 6.07) is 85.2. The van der Waals surface area contributed by atoms with Crippen LogP contribution in [0.25, 0.3) is 205 Å². The summed E-state index contributed by atoms with van der Waals surface area (Å²) in [5.74, 6) is 5.85. The zero-order valence-electron chi connectivity index (χ0n) is 83.4. The van der Waals surface area contributed by atoms with Gasteiger partial charge < -0.3 is 62.2 Å². The van der Waals surface area contributed by atoms with Gasteiger partial charge in [-0.25, -0.2) is 28.8 Å². The minimum absolute atomic E-state index is 0.0406. The number of benzene rings is 12. The number of fused-ring (bicyclic) bond motifs is 14. The third kappa shape index (κ3) is 19.1. The summed E-state index contributed by atoms with van der Waals surface area (Å²) < 4.78 is 79.7. The maximum Gasteiger partial charge on any atom is 0.344 e.